The summed E-state index contributed by atoms with van der Waals surface area (Å²) >= 11 is 0. The highest BCUT2D eigenvalue weighted by atomic mass is 32.2. The molecule has 0 aliphatic carbocycles. The van der Waals surface area contributed by atoms with Crippen molar-refractivity contribution in [2.75, 3.05) is 6.54 Å². The van der Waals surface area contributed by atoms with E-state index in [0.717, 1.165) is 6.42 Å². The highest BCUT2D eigenvalue weighted by Crippen LogP contribution is 2.18. The first-order valence-electron chi connectivity index (χ1n) is 5.28. The van der Waals surface area contributed by atoms with Crippen molar-refractivity contribution in [1.82, 2.24) is 14.7 Å². The topological polar surface area (TPSA) is 74.8 Å². The van der Waals surface area contributed by atoms with Gasteiger partial charge in [0.25, 0.3) is 10.0 Å². The maximum absolute atomic E-state index is 11.8. The van der Waals surface area contributed by atoms with E-state index in [-0.39, 0.29) is 10.4 Å². The van der Waals surface area contributed by atoms with Gasteiger partial charge in [0.1, 0.15) is 5.82 Å². The Hall–Kier alpha value is -0.880. The number of aromatic amines is 1. The third-order valence-corrected chi connectivity index (χ3v) is 3.98. The lowest BCUT2D eigenvalue weighted by Gasteiger charge is -2.22. The van der Waals surface area contributed by atoms with Gasteiger partial charge in [-0.25, -0.2) is 18.1 Å². The van der Waals surface area contributed by atoms with Crippen LogP contribution < -0.4 is 4.72 Å². The van der Waals surface area contributed by atoms with Crippen molar-refractivity contribution in [3.05, 3.63) is 12.0 Å². The van der Waals surface area contributed by atoms with Gasteiger partial charge in [-0.15, -0.1) is 0 Å². The lowest BCUT2D eigenvalue weighted by atomic mass is 9.91. The van der Waals surface area contributed by atoms with Gasteiger partial charge in [-0.05, 0) is 18.8 Å². The molecule has 0 saturated heterocycles. The summed E-state index contributed by atoms with van der Waals surface area (Å²) in [4.78, 5) is 6.58. The third-order valence-electron chi connectivity index (χ3n) is 2.67. The van der Waals surface area contributed by atoms with Gasteiger partial charge in [-0.2, -0.15) is 0 Å². The Morgan fingerprint density at radius 1 is 1.50 bits per heavy atom. The summed E-state index contributed by atoms with van der Waals surface area (Å²) in [5.41, 5.74) is -0.0395. The number of sulfonamides is 1. The minimum atomic E-state index is -3.45. The van der Waals surface area contributed by atoms with Crippen LogP contribution in [0, 0.1) is 12.3 Å². The molecule has 0 aliphatic heterocycles. The second-order valence-electron chi connectivity index (χ2n) is 4.68. The molecular weight excluding hydrogens is 226 g/mol. The van der Waals surface area contributed by atoms with Gasteiger partial charge < -0.3 is 4.98 Å². The van der Waals surface area contributed by atoms with Gasteiger partial charge in [0.05, 0.1) is 6.20 Å². The van der Waals surface area contributed by atoms with Crippen LogP contribution in [-0.4, -0.2) is 24.9 Å². The number of nitrogens with zero attached hydrogens (tertiary/aromatic N) is 1. The maximum atomic E-state index is 11.8. The van der Waals surface area contributed by atoms with Gasteiger partial charge in [-0.3, -0.25) is 0 Å². The smallest absolute Gasteiger partial charge is 0.257 e. The van der Waals surface area contributed by atoms with Crippen molar-refractivity contribution < 1.29 is 8.42 Å². The quantitative estimate of drug-likeness (QED) is 0.824. The molecule has 1 aromatic rings. The lowest BCUT2D eigenvalue weighted by molar-refractivity contribution is 0.350. The zero-order valence-electron chi connectivity index (χ0n) is 10.2. The molecule has 92 valence electrons. The normalized spacial score (nSPS) is 13.0. The first kappa shape index (κ1) is 13.2. The van der Waals surface area contributed by atoms with Gasteiger partial charge in [0.15, 0.2) is 5.03 Å². The van der Waals surface area contributed by atoms with Crippen LogP contribution in [0.15, 0.2) is 11.2 Å². The first-order chi connectivity index (χ1) is 7.27. The standard InChI is InChI=1S/C10H19N3O2S/c1-5-10(3,4)7-12-16(14,15)9-6-11-8(2)13-9/h6,12H,5,7H2,1-4H3,(H,11,13). The minimum Gasteiger partial charge on any atom is -0.332 e. The number of nitrogens with one attached hydrogen (secondary N) is 2. The molecule has 5 nitrogen and oxygen atoms in total. The number of aryl methyl sites for hydroxylation is 1. The van der Waals surface area contributed by atoms with E-state index >= 15 is 0 Å². The Morgan fingerprint density at radius 3 is 2.56 bits per heavy atom. The molecule has 0 unspecified atom stereocenters. The number of hydrogen-bond acceptors (Lipinski definition) is 3. The van der Waals surface area contributed by atoms with Crippen molar-refractivity contribution in [1.29, 1.82) is 0 Å². The van der Waals surface area contributed by atoms with Gasteiger partial charge >= 0.3 is 0 Å². The summed E-state index contributed by atoms with van der Waals surface area (Å²) in [6, 6.07) is 0. The SMILES string of the molecule is CCC(C)(C)CNS(=O)(=O)c1cnc(C)[nH]1. The van der Waals surface area contributed by atoms with Gasteiger partial charge in [0, 0.05) is 6.54 Å². The second-order valence-corrected chi connectivity index (χ2v) is 6.41. The summed E-state index contributed by atoms with van der Waals surface area (Å²) in [5.74, 6) is 0.593. The molecule has 0 spiro atoms. The van der Waals surface area contributed by atoms with Crippen LogP contribution in [0.3, 0.4) is 0 Å². The fourth-order valence-electron chi connectivity index (χ4n) is 1.03. The van der Waals surface area contributed by atoms with Crippen LogP contribution in [0.2, 0.25) is 0 Å². The van der Waals surface area contributed by atoms with E-state index < -0.39 is 10.0 Å². The fraction of sp³-hybridized carbons (Fsp3) is 0.700. The molecule has 1 rings (SSSR count). The lowest BCUT2D eigenvalue weighted by Crippen LogP contribution is -2.33. The number of H-pyrrole nitrogens is 1. The Kier molecular flexibility index (Phi) is 3.75. The summed E-state index contributed by atoms with van der Waals surface area (Å²) in [7, 11) is -3.45. The predicted octanol–water partition coefficient (Wildman–Crippen LogP) is 1.43. The van der Waals surface area contributed by atoms with Crippen molar-refractivity contribution in [3.63, 3.8) is 0 Å². The van der Waals surface area contributed by atoms with Crippen LogP contribution >= 0.6 is 0 Å². The van der Waals surface area contributed by atoms with Crippen LogP contribution in [-0.2, 0) is 10.0 Å². The second kappa shape index (κ2) is 4.55. The summed E-state index contributed by atoms with van der Waals surface area (Å²) in [6.07, 6.45) is 2.24. The summed E-state index contributed by atoms with van der Waals surface area (Å²) < 4.78 is 26.2. The summed E-state index contributed by atoms with van der Waals surface area (Å²) in [6.45, 7) is 8.22. The Morgan fingerprint density at radius 2 is 2.12 bits per heavy atom. The largest absolute Gasteiger partial charge is 0.332 e. The molecule has 1 aromatic heterocycles. The molecule has 1 heterocycles. The predicted molar refractivity (Wildman–Crippen MR) is 62.6 cm³/mol. The molecule has 0 aromatic carbocycles. The maximum Gasteiger partial charge on any atom is 0.257 e. The molecule has 0 saturated carbocycles. The molecule has 0 atom stereocenters. The van der Waals surface area contributed by atoms with Crippen molar-refractivity contribution in [2.24, 2.45) is 5.41 Å². The number of rotatable bonds is 5. The Balaban J connectivity index is 2.74. The Bertz CT molecular complexity index is 448. The molecule has 16 heavy (non-hydrogen) atoms. The molecule has 6 heteroatoms. The number of aromatic nitrogens is 2. The Labute approximate surface area is 96.7 Å². The minimum absolute atomic E-state index is 0.0395. The van der Waals surface area contributed by atoms with E-state index in [9.17, 15) is 8.42 Å². The first-order valence-corrected chi connectivity index (χ1v) is 6.76. The molecule has 0 amide bonds. The van der Waals surface area contributed by atoms with Crippen LogP contribution in [0.5, 0.6) is 0 Å². The number of imidazole rings is 1. The van der Waals surface area contributed by atoms with E-state index in [1.54, 1.807) is 6.92 Å². The molecule has 0 fully saturated rings. The van der Waals surface area contributed by atoms with Gasteiger partial charge in [0.2, 0.25) is 0 Å². The molecular formula is C10H19N3O2S. The van der Waals surface area contributed by atoms with Crippen molar-refractivity contribution in [3.8, 4) is 0 Å². The average molecular weight is 245 g/mol. The zero-order chi connectivity index (χ0) is 12.4. The average Bonchev–Trinajstić information content (AvgIpc) is 2.63. The zero-order valence-corrected chi connectivity index (χ0v) is 11.0. The van der Waals surface area contributed by atoms with Crippen LogP contribution in [0.25, 0.3) is 0 Å². The molecule has 0 bridgehead atoms. The van der Waals surface area contributed by atoms with E-state index in [1.807, 2.05) is 20.8 Å². The highest BCUT2D eigenvalue weighted by Gasteiger charge is 2.21. The van der Waals surface area contributed by atoms with Crippen molar-refractivity contribution in [2.45, 2.75) is 39.1 Å². The van der Waals surface area contributed by atoms with E-state index in [1.165, 1.54) is 6.20 Å². The van der Waals surface area contributed by atoms with E-state index in [0.29, 0.717) is 12.4 Å². The fourth-order valence-corrected chi connectivity index (χ4v) is 2.24. The molecule has 0 radical (unpaired) electrons. The van der Waals surface area contributed by atoms with Crippen LogP contribution in [0.4, 0.5) is 0 Å². The van der Waals surface area contributed by atoms with Crippen LogP contribution in [0.1, 0.15) is 33.0 Å². The van der Waals surface area contributed by atoms with E-state index in [4.69, 9.17) is 0 Å². The third kappa shape index (κ3) is 3.31. The van der Waals surface area contributed by atoms with Crippen molar-refractivity contribution >= 4 is 10.0 Å². The molecule has 2 N–H and O–H groups in total. The molecule has 0 aliphatic rings. The van der Waals surface area contributed by atoms with Gasteiger partial charge in [-0.1, -0.05) is 20.8 Å². The number of hydrogen-bond donors (Lipinski definition) is 2. The van der Waals surface area contributed by atoms with E-state index in [2.05, 4.69) is 14.7 Å². The highest BCUT2D eigenvalue weighted by molar-refractivity contribution is 7.89. The summed E-state index contributed by atoms with van der Waals surface area (Å²) in [5, 5.41) is 0.122. The monoisotopic (exact) mass is 245 g/mol.